The number of rotatable bonds is 11. The molecule has 0 aliphatic carbocycles. The van der Waals surface area contributed by atoms with Gasteiger partial charge in [0.1, 0.15) is 11.3 Å². The molecule has 0 bridgehead atoms. The molecular formula is C29H30N4O7S. The van der Waals surface area contributed by atoms with Crippen LogP contribution in [0.2, 0.25) is 0 Å². The molecule has 2 aromatic carbocycles. The molecule has 0 saturated carbocycles. The molecule has 41 heavy (non-hydrogen) atoms. The molecule has 1 aromatic heterocycles. The van der Waals surface area contributed by atoms with Crippen molar-refractivity contribution in [3.63, 3.8) is 0 Å². The summed E-state index contributed by atoms with van der Waals surface area (Å²) in [5, 5.41) is 25.0. The van der Waals surface area contributed by atoms with E-state index in [0.29, 0.717) is 29.9 Å². The van der Waals surface area contributed by atoms with Gasteiger partial charge in [0.15, 0.2) is 0 Å². The van der Waals surface area contributed by atoms with Gasteiger partial charge >= 0.3 is 5.97 Å². The Morgan fingerprint density at radius 1 is 1.17 bits per heavy atom. The van der Waals surface area contributed by atoms with Gasteiger partial charge in [-0.25, -0.2) is 4.98 Å². The highest BCUT2D eigenvalue weighted by atomic mass is 32.1. The molecule has 11 nitrogen and oxygen atoms in total. The number of thiazole rings is 1. The second kappa shape index (κ2) is 11.4. The largest absolute Gasteiger partial charge is 0.494 e. The summed E-state index contributed by atoms with van der Waals surface area (Å²) < 4.78 is 5.68. The van der Waals surface area contributed by atoms with E-state index in [1.54, 1.807) is 29.8 Å². The van der Waals surface area contributed by atoms with Crippen LogP contribution in [0.25, 0.3) is 0 Å². The number of amides is 2. The molecule has 3 heterocycles. The normalized spacial score (nSPS) is 23.6. The summed E-state index contributed by atoms with van der Waals surface area (Å²) in [5.74, 6) is -3.69. The van der Waals surface area contributed by atoms with Crippen LogP contribution in [0.3, 0.4) is 0 Å². The zero-order chi connectivity index (χ0) is 29.3. The Morgan fingerprint density at radius 3 is 2.46 bits per heavy atom. The number of imide groups is 1. The second-order valence-electron chi connectivity index (χ2n) is 10.4. The van der Waals surface area contributed by atoms with Crippen LogP contribution in [0.4, 0.5) is 5.69 Å². The molecule has 2 aliphatic rings. The molecule has 2 aliphatic heterocycles. The third-order valence-electron chi connectivity index (χ3n) is 7.88. The highest BCUT2D eigenvalue weighted by Gasteiger charge is 2.68. The van der Waals surface area contributed by atoms with Crippen molar-refractivity contribution in [3.05, 3.63) is 85.9 Å². The van der Waals surface area contributed by atoms with Crippen LogP contribution in [-0.4, -0.2) is 56.4 Å². The molecule has 12 heteroatoms. The van der Waals surface area contributed by atoms with Gasteiger partial charge in [-0.2, -0.15) is 0 Å². The Labute approximate surface area is 240 Å². The molecule has 3 aromatic rings. The van der Waals surface area contributed by atoms with Gasteiger partial charge in [-0.3, -0.25) is 34.7 Å². The number of non-ortho nitro benzene ring substituents is 1. The predicted molar refractivity (Wildman–Crippen MR) is 150 cm³/mol. The first-order valence-corrected chi connectivity index (χ1v) is 14.3. The summed E-state index contributed by atoms with van der Waals surface area (Å²) in [6, 6.07) is 11.9. The average Bonchev–Trinajstić information content (AvgIpc) is 3.60. The third kappa shape index (κ3) is 5.20. The molecular weight excluding hydrogens is 548 g/mol. The number of hydrogen-bond acceptors (Lipinski definition) is 9. The zero-order valence-corrected chi connectivity index (χ0v) is 23.4. The van der Waals surface area contributed by atoms with Crippen molar-refractivity contribution in [2.45, 2.75) is 44.7 Å². The van der Waals surface area contributed by atoms with Crippen LogP contribution in [0.1, 0.15) is 41.1 Å². The molecule has 0 radical (unpaired) electrons. The minimum Gasteiger partial charge on any atom is -0.494 e. The Bertz CT molecular complexity index is 1470. The highest BCUT2D eigenvalue weighted by molar-refractivity contribution is 7.09. The van der Waals surface area contributed by atoms with Gasteiger partial charge in [0.25, 0.3) is 5.69 Å². The van der Waals surface area contributed by atoms with Crippen LogP contribution < -0.4 is 10.1 Å². The maximum Gasteiger partial charge on any atom is 0.325 e. The van der Waals surface area contributed by atoms with E-state index in [1.165, 1.54) is 40.5 Å². The Balaban J connectivity index is 1.52. The Hall–Kier alpha value is -4.16. The van der Waals surface area contributed by atoms with Crippen molar-refractivity contribution in [2.75, 3.05) is 13.2 Å². The molecule has 4 atom stereocenters. The summed E-state index contributed by atoms with van der Waals surface area (Å²) in [5.41, 5.74) is 1.75. The van der Waals surface area contributed by atoms with E-state index in [9.17, 15) is 29.6 Å². The zero-order valence-electron chi connectivity index (χ0n) is 22.6. The van der Waals surface area contributed by atoms with Gasteiger partial charge in [-0.15, -0.1) is 11.3 Å². The first kappa shape index (κ1) is 28.4. The lowest BCUT2D eigenvalue weighted by atomic mass is 9.76. The number of nitro groups is 1. The molecule has 2 amide bonds. The van der Waals surface area contributed by atoms with Crippen LogP contribution in [-0.2, 0) is 27.2 Å². The van der Waals surface area contributed by atoms with Crippen molar-refractivity contribution in [3.8, 4) is 5.75 Å². The van der Waals surface area contributed by atoms with E-state index < -0.39 is 46.1 Å². The number of likely N-dealkylation sites (tertiary alicyclic amines) is 1. The van der Waals surface area contributed by atoms with Crippen LogP contribution in [0, 0.1) is 28.9 Å². The second-order valence-corrected chi connectivity index (χ2v) is 11.3. The predicted octanol–water partition coefficient (Wildman–Crippen LogP) is 3.70. The average molecular weight is 579 g/mol. The van der Waals surface area contributed by atoms with Gasteiger partial charge in [0, 0.05) is 42.4 Å². The van der Waals surface area contributed by atoms with E-state index in [-0.39, 0.29) is 18.7 Å². The van der Waals surface area contributed by atoms with Crippen molar-refractivity contribution in [2.24, 2.45) is 11.8 Å². The lowest BCUT2D eigenvalue weighted by Gasteiger charge is -2.31. The fourth-order valence-corrected chi connectivity index (χ4v) is 6.60. The number of aliphatic carboxylic acids is 1. The molecule has 2 N–H and O–H groups in total. The summed E-state index contributed by atoms with van der Waals surface area (Å²) in [7, 11) is 0. The number of aromatic nitrogens is 1. The lowest BCUT2D eigenvalue weighted by molar-refractivity contribution is -0.384. The van der Waals surface area contributed by atoms with Crippen LogP contribution in [0.15, 0.2) is 54.0 Å². The van der Waals surface area contributed by atoms with Crippen molar-refractivity contribution in [1.82, 2.24) is 15.2 Å². The standard InChI is InChI=1S/C29H30N4O7S/c1-3-14-40-21-10-6-19(7-11-21)25-23-24(27(35)32(26(23)34)13-12-22-17(2)30-16-41-22)29(31-25,28(36)37)15-18-4-8-20(9-5-18)33(38)39/h4-11,16,23-25,31H,3,12-15H2,1-2H3,(H,36,37). The van der Waals surface area contributed by atoms with Gasteiger partial charge < -0.3 is 9.84 Å². The van der Waals surface area contributed by atoms with E-state index in [1.807, 2.05) is 13.8 Å². The number of carboxylic acids is 1. The van der Waals surface area contributed by atoms with Crippen LogP contribution in [0.5, 0.6) is 5.75 Å². The van der Waals surface area contributed by atoms with Crippen molar-refractivity contribution >= 4 is 34.8 Å². The van der Waals surface area contributed by atoms with Gasteiger partial charge in [0.05, 0.1) is 34.6 Å². The Kier molecular flexibility index (Phi) is 7.87. The molecule has 2 saturated heterocycles. The summed E-state index contributed by atoms with van der Waals surface area (Å²) in [6.07, 6.45) is 1.13. The number of fused-ring (bicyclic) bond motifs is 1. The third-order valence-corrected chi connectivity index (χ3v) is 8.87. The smallest absolute Gasteiger partial charge is 0.325 e. The maximum atomic E-state index is 13.9. The van der Waals surface area contributed by atoms with Crippen molar-refractivity contribution in [1.29, 1.82) is 0 Å². The number of ether oxygens (including phenoxy) is 1. The lowest BCUT2D eigenvalue weighted by Crippen LogP contribution is -2.57. The fourth-order valence-electron chi connectivity index (χ4n) is 5.83. The number of nitrogens with one attached hydrogen (secondary N) is 1. The molecule has 5 rings (SSSR count). The minimum atomic E-state index is -1.81. The summed E-state index contributed by atoms with van der Waals surface area (Å²) in [6.45, 7) is 4.53. The van der Waals surface area contributed by atoms with Gasteiger partial charge in [-0.1, -0.05) is 31.2 Å². The first-order chi connectivity index (χ1) is 19.7. The first-order valence-electron chi connectivity index (χ1n) is 13.4. The van der Waals surface area contributed by atoms with E-state index in [0.717, 1.165) is 17.0 Å². The fraction of sp³-hybridized carbons (Fsp3) is 0.379. The number of carboxylic acid groups (broad SMARTS) is 1. The summed E-state index contributed by atoms with van der Waals surface area (Å²) >= 11 is 1.44. The van der Waals surface area contributed by atoms with E-state index in [2.05, 4.69) is 10.3 Å². The number of hydrogen-bond donors (Lipinski definition) is 2. The highest BCUT2D eigenvalue weighted by Crippen LogP contribution is 2.50. The number of benzene rings is 2. The van der Waals surface area contributed by atoms with Gasteiger partial charge in [0.2, 0.25) is 11.8 Å². The van der Waals surface area contributed by atoms with Crippen molar-refractivity contribution < 1.29 is 29.2 Å². The molecule has 2 fully saturated rings. The van der Waals surface area contributed by atoms with Crippen LogP contribution >= 0.6 is 11.3 Å². The van der Waals surface area contributed by atoms with E-state index in [4.69, 9.17) is 4.74 Å². The SMILES string of the molecule is CCCOc1ccc(C2NC(Cc3ccc([N+](=O)[O-])cc3)(C(=O)O)C3C(=O)N(CCc4scnc4C)C(=O)C23)cc1. The minimum absolute atomic E-state index is 0.122. The molecule has 214 valence electrons. The topological polar surface area (TPSA) is 152 Å². The Morgan fingerprint density at radius 2 is 1.88 bits per heavy atom. The molecule has 4 unspecified atom stereocenters. The monoisotopic (exact) mass is 578 g/mol. The summed E-state index contributed by atoms with van der Waals surface area (Å²) in [4.78, 5) is 57.8. The number of nitro benzene ring substituents is 1. The number of carbonyl (C=O) groups excluding carboxylic acids is 2. The quantitative estimate of drug-likeness (QED) is 0.197. The van der Waals surface area contributed by atoms with E-state index >= 15 is 0 Å². The number of nitrogens with zero attached hydrogens (tertiary/aromatic N) is 3. The maximum absolute atomic E-state index is 13.9. The van der Waals surface area contributed by atoms with Gasteiger partial charge in [-0.05, 0) is 36.6 Å². The number of carbonyl (C=O) groups is 3. The number of aryl methyl sites for hydroxylation is 1. The molecule has 0 spiro atoms.